The lowest BCUT2D eigenvalue weighted by molar-refractivity contribution is 0.247. The van der Waals surface area contributed by atoms with Crippen molar-refractivity contribution in [2.75, 3.05) is 5.32 Å². The molecular weight excluding hydrogens is 247 g/mol. The zero-order valence-electron chi connectivity index (χ0n) is 10.5. The number of benzene rings is 1. The number of rotatable bonds is 4. The number of urea groups is 1. The van der Waals surface area contributed by atoms with Crippen molar-refractivity contribution < 1.29 is 9.18 Å². The topological polar surface area (TPSA) is 59.0 Å². The van der Waals surface area contributed by atoms with E-state index in [2.05, 4.69) is 15.7 Å². The molecule has 5 nitrogen and oxygen atoms in total. The van der Waals surface area contributed by atoms with Gasteiger partial charge in [0.1, 0.15) is 5.82 Å². The van der Waals surface area contributed by atoms with Gasteiger partial charge in [-0.15, -0.1) is 0 Å². The van der Waals surface area contributed by atoms with Crippen molar-refractivity contribution >= 4 is 11.7 Å². The molecule has 0 fully saturated rings. The number of anilines is 1. The minimum Gasteiger partial charge on any atom is -0.334 e. The first-order valence-electron chi connectivity index (χ1n) is 5.94. The van der Waals surface area contributed by atoms with Crippen LogP contribution in [-0.2, 0) is 6.54 Å². The van der Waals surface area contributed by atoms with Crippen molar-refractivity contribution in [3.8, 4) is 0 Å². The van der Waals surface area contributed by atoms with E-state index < -0.39 is 11.8 Å². The first-order valence-corrected chi connectivity index (χ1v) is 5.94. The lowest BCUT2D eigenvalue weighted by Crippen LogP contribution is -2.38. The Balaban J connectivity index is 1.86. The SMILES string of the molecule is C[C@@H](Cn1cccn1)NC(=O)Nc1ccccc1F. The summed E-state index contributed by atoms with van der Waals surface area (Å²) in [6.07, 6.45) is 3.49. The standard InChI is InChI=1S/C13H15FN4O/c1-10(9-18-8-4-7-15-18)16-13(19)17-12-6-3-2-5-11(12)14/h2-8,10H,9H2,1H3,(H2,16,17,19)/t10-/m0/s1. The van der Waals surface area contributed by atoms with E-state index in [9.17, 15) is 9.18 Å². The number of halogens is 1. The predicted molar refractivity (Wildman–Crippen MR) is 70.2 cm³/mol. The second-order valence-corrected chi connectivity index (χ2v) is 4.21. The average Bonchev–Trinajstić information content (AvgIpc) is 2.84. The molecule has 2 N–H and O–H groups in total. The third-order valence-corrected chi connectivity index (χ3v) is 2.52. The van der Waals surface area contributed by atoms with Gasteiger partial charge in [0, 0.05) is 18.4 Å². The predicted octanol–water partition coefficient (Wildman–Crippen LogP) is 2.23. The van der Waals surface area contributed by atoms with E-state index in [-0.39, 0.29) is 11.7 Å². The van der Waals surface area contributed by atoms with E-state index in [0.717, 1.165) is 0 Å². The maximum absolute atomic E-state index is 13.3. The van der Waals surface area contributed by atoms with Gasteiger partial charge in [0.2, 0.25) is 0 Å². The van der Waals surface area contributed by atoms with Gasteiger partial charge in [0.15, 0.2) is 0 Å². The molecule has 0 saturated heterocycles. The minimum absolute atomic E-state index is 0.119. The van der Waals surface area contributed by atoms with Crippen LogP contribution in [0.25, 0.3) is 0 Å². The third kappa shape index (κ3) is 3.80. The molecule has 0 saturated carbocycles. The van der Waals surface area contributed by atoms with Crippen LogP contribution in [0.1, 0.15) is 6.92 Å². The normalized spacial score (nSPS) is 11.9. The Labute approximate surface area is 110 Å². The molecule has 100 valence electrons. The van der Waals surface area contributed by atoms with Crippen LogP contribution in [0.2, 0.25) is 0 Å². The van der Waals surface area contributed by atoms with Crippen LogP contribution < -0.4 is 10.6 Å². The molecule has 19 heavy (non-hydrogen) atoms. The van der Waals surface area contributed by atoms with Crippen LogP contribution >= 0.6 is 0 Å². The van der Waals surface area contributed by atoms with E-state index >= 15 is 0 Å². The molecule has 6 heteroatoms. The lowest BCUT2D eigenvalue weighted by Gasteiger charge is -2.14. The number of nitrogens with one attached hydrogen (secondary N) is 2. The molecule has 2 rings (SSSR count). The summed E-state index contributed by atoms with van der Waals surface area (Å²) in [5, 5.41) is 9.23. The fraction of sp³-hybridized carbons (Fsp3) is 0.231. The van der Waals surface area contributed by atoms with Crippen molar-refractivity contribution in [1.82, 2.24) is 15.1 Å². The second-order valence-electron chi connectivity index (χ2n) is 4.21. The maximum atomic E-state index is 13.3. The molecule has 1 heterocycles. The number of hydrogen-bond donors (Lipinski definition) is 2. The Morgan fingerprint density at radius 2 is 2.21 bits per heavy atom. The molecule has 0 aliphatic rings. The molecule has 2 amide bonds. The van der Waals surface area contributed by atoms with Gasteiger partial charge in [-0.1, -0.05) is 12.1 Å². The van der Waals surface area contributed by atoms with Gasteiger partial charge in [-0.2, -0.15) is 5.10 Å². The monoisotopic (exact) mass is 262 g/mol. The smallest absolute Gasteiger partial charge is 0.319 e. The number of aromatic nitrogens is 2. The van der Waals surface area contributed by atoms with Gasteiger partial charge in [0.25, 0.3) is 0 Å². The number of carbonyl (C=O) groups is 1. The summed E-state index contributed by atoms with van der Waals surface area (Å²) in [7, 11) is 0. The van der Waals surface area contributed by atoms with E-state index in [4.69, 9.17) is 0 Å². The Kier molecular flexibility index (Phi) is 4.12. The molecule has 0 unspecified atom stereocenters. The summed E-state index contributed by atoms with van der Waals surface area (Å²) >= 11 is 0. The van der Waals surface area contributed by atoms with E-state index in [1.807, 2.05) is 19.2 Å². The number of amides is 2. The summed E-state index contributed by atoms with van der Waals surface area (Å²) < 4.78 is 15.1. The highest BCUT2D eigenvalue weighted by Gasteiger charge is 2.09. The van der Waals surface area contributed by atoms with Crippen molar-refractivity contribution in [2.45, 2.75) is 19.5 Å². The Morgan fingerprint density at radius 3 is 2.89 bits per heavy atom. The van der Waals surface area contributed by atoms with Crippen LogP contribution in [-0.4, -0.2) is 21.9 Å². The largest absolute Gasteiger partial charge is 0.334 e. The molecular formula is C13H15FN4O. The third-order valence-electron chi connectivity index (χ3n) is 2.52. The Bertz CT molecular complexity index is 541. The highest BCUT2D eigenvalue weighted by atomic mass is 19.1. The molecule has 0 aliphatic heterocycles. The summed E-state index contributed by atoms with van der Waals surface area (Å²) in [6, 6.07) is 7.28. The van der Waals surface area contributed by atoms with E-state index in [1.165, 1.54) is 12.1 Å². The van der Waals surface area contributed by atoms with Gasteiger partial charge >= 0.3 is 6.03 Å². The zero-order valence-corrected chi connectivity index (χ0v) is 10.5. The van der Waals surface area contributed by atoms with Gasteiger partial charge in [-0.05, 0) is 25.1 Å². The van der Waals surface area contributed by atoms with Crippen molar-refractivity contribution in [3.05, 3.63) is 48.5 Å². The molecule has 0 spiro atoms. The lowest BCUT2D eigenvalue weighted by atomic mass is 10.3. The van der Waals surface area contributed by atoms with Crippen LogP contribution in [0.3, 0.4) is 0 Å². The highest BCUT2D eigenvalue weighted by molar-refractivity contribution is 5.89. The maximum Gasteiger partial charge on any atom is 0.319 e. The van der Waals surface area contributed by atoms with Crippen LogP contribution in [0, 0.1) is 5.82 Å². The molecule has 1 atom stereocenters. The summed E-state index contributed by atoms with van der Waals surface area (Å²) in [5.74, 6) is -0.461. The van der Waals surface area contributed by atoms with Gasteiger partial charge in [-0.3, -0.25) is 4.68 Å². The zero-order chi connectivity index (χ0) is 13.7. The molecule has 1 aromatic heterocycles. The van der Waals surface area contributed by atoms with Gasteiger partial charge < -0.3 is 10.6 Å². The van der Waals surface area contributed by atoms with Crippen LogP contribution in [0.4, 0.5) is 14.9 Å². The first-order chi connectivity index (χ1) is 9.15. The Morgan fingerprint density at radius 1 is 1.42 bits per heavy atom. The van der Waals surface area contributed by atoms with Crippen LogP contribution in [0.15, 0.2) is 42.7 Å². The van der Waals surface area contributed by atoms with E-state index in [0.29, 0.717) is 6.54 Å². The fourth-order valence-electron chi connectivity index (χ4n) is 1.68. The van der Waals surface area contributed by atoms with Gasteiger partial charge in [0.05, 0.1) is 12.2 Å². The second kappa shape index (κ2) is 5.99. The summed E-state index contributed by atoms with van der Waals surface area (Å²) in [6.45, 7) is 2.40. The average molecular weight is 262 g/mol. The summed E-state index contributed by atoms with van der Waals surface area (Å²) in [4.78, 5) is 11.7. The number of nitrogens with zero attached hydrogens (tertiary/aromatic N) is 2. The number of para-hydroxylation sites is 1. The van der Waals surface area contributed by atoms with Gasteiger partial charge in [-0.25, -0.2) is 9.18 Å². The minimum atomic E-state index is -0.461. The molecule has 1 aromatic carbocycles. The van der Waals surface area contributed by atoms with Crippen molar-refractivity contribution in [1.29, 1.82) is 0 Å². The highest BCUT2D eigenvalue weighted by Crippen LogP contribution is 2.11. The molecule has 0 aliphatic carbocycles. The summed E-state index contributed by atoms with van der Waals surface area (Å²) in [5.41, 5.74) is 0.159. The number of carbonyl (C=O) groups excluding carboxylic acids is 1. The Hall–Kier alpha value is -2.37. The first kappa shape index (κ1) is 13.1. The van der Waals surface area contributed by atoms with E-state index in [1.54, 1.807) is 23.0 Å². The quantitative estimate of drug-likeness (QED) is 0.887. The number of hydrogen-bond acceptors (Lipinski definition) is 2. The van der Waals surface area contributed by atoms with Crippen molar-refractivity contribution in [3.63, 3.8) is 0 Å². The van der Waals surface area contributed by atoms with Crippen LogP contribution in [0.5, 0.6) is 0 Å². The molecule has 0 bridgehead atoms. The molecule has 0 radical (unpaired) electrons. The fourth-order valence-corrected chi connectivity index (χ4v) is 1.68. The van der Waals surface area contributed by atoms with Crippen molar-refractivity contribution in [2.24, 2.45) is 0 Å². The molecule has 2 aromatic rings.